The average Bonchev–Trinajstić information content (AvgIpc) is 2.38. The molecule has 4 heteroatoms. The van der Waals surface area contributed by atoms with E-state index >= 15 is 0 Å². The van der Waals surface area contributed by atoms with Crippen LogP contribution >= 0.6 is 23.2 Å². The third kappa shape index (κ3) is 3.03. The Morgan fingerprint density at radius 3 is 2.61 bits per heavy atom. The first-order valence-electron chi connectivity index (χ1n) is 5.31. The Morgan fingerprint density at radius 1 is 1.11 bits per heavy atom. The van der Waals surface area contributed by atoms with Crippen molar-refractivity contribution in [2.45, 2.75) is 6.61 Å². The molecule has 0 atom stereocenters. The summed E-state index contributed by atoms with van der Waals surface area (Å²) < 4.78 is 5.58. The third-order valence-corrected chi connectivity index (χ3v) is 3.05. The summed E-state index contributed by atoms with van der Waals surface area (Å²) >= 11 is 11.9. The molecule has 2 aromatic carbocycles. The van der Waals surface area contributed by atoms with Crippen molar-refractivity contribution >= 4 is 29.5 Å². The lowest BCUT2D eigenvalue weighted by atomic mass is 10.2. The van der Waals surface area contributed by atoms with Gasteiger partial charge in [0.05, 0.1) is 5.56 Å². The molecular formula is C14H10Cl2O2. The Hall–Kier alpha value is -1.51. The van der Waals surface area contributed by atoms with E-state index in [-0.39, 0.29) is 0 Å². The number of benzene rings is 2. The number of hydrogen-bond donors (Lipinski definition) is 0. The van der Waals surface area contributed by atoms with Gasteiger partial charge in [-0.25, -0.2) is 0 Å². The summed E-state index contributed by atoms with van der Waals surface area (Å²) in [6, 6.07) is 12.3. The normalized spacial score (nSPS) is 10.1. The summed E-state index contributed by atoms with van der Waals surface area (Å²) in [6.45, 7) is 0.293. The minimum absolute atomic E-state index is 0.293. The zero-order valence-corrected chi connectivity index (χ0v) is 10.9. The van der Waals surface area contributed by atoms with Crippen LogP contribution < -0.4 is 4.74 Å². The van der Waals surface area contributed by atoms with Gasteiger partial charge in [0.1, 0.15) is 12.4 Å². The van der Waals surface area contributed by atoms with Crippen molar-refractivity contribution in [3.8, 4) is 5.75 Å². The molecule has 0 spiro atoms. The molecule has 2 aromatic rings. The number of halogens is 2. The van der Waals surface area contributed by atoms with E-state index in [9.17, 15) is 4.79 Å². The molecule has 18 heavy (non-hydrogen) atoms. The van der Waals surface area contributed by atoms with Gasteiger partial charge in [0.2, 0.25) is 0 Å². The van der Waals surface area contributed by atoms with E-state index in [0.717, 1.165) is 11.8 Å². The summed E-state index contributed by atoms with van der Waals surface area (Å²) in [6.07, 6.45) is 0.734. The van der Waals surface area contributed by atoms with Crippen LogP contribution in [0.4, 0.5) is 0 Å². The topological polar surface area (TPSA) is 26.3 Å². The number of carbonyl (C=O) groups excluding carboxylic acids is 1. The minimum atomic E-state index is 0.293. The second kappa shape index (κ2) is 5.89. The standard InChI is InChI=1S/C14H10Cl2O2/c15-12-6-5-10(8-17)14(7-12)18-9-11-3-1-2-4-13(11)16/h1-8H,9H2. The van der Waals surface area contributed by atoms with E-state index in [1.807, 2.05) is 18.2 Å². The number of rotatable bonds is 4. The van der Waals surface area contributed by atoms with Crippen molar-refractivity contribution < 1.29 is 9.53 Å². The van der Waals surface area contributed by atoms with Crippen LogP contribution in [0.2, 0.25) is 10.0 Å². The van der Waals surface area contributed by atoms with Gasteiger partial charge in [-0.3, -0.25) is 4.79 Å². The molecule has 0 heterocycles. The molecule has 0 saturated carbocycles. The Kier molecular flexibility index (Phi) is 4.24. The van der Waals surface area contributed by atoms with Gasteiger partial charge in [0.15, 0.2) is 6.29 Å². The van der Waals surface area contributed by atoms with Gasteiger partial charge in [-0.05, 0) is 24.3 Å². The Balaban J connectivity index is 2.18. The molecule has 0 N–H and O–H groups in total. The van der Waals surface area contributed by atoms with Crippen molar-refractivity contribution in [2.24, 2.45) is 0 Å². The van der Waals surface area contributed by atoms with Gasteiger partial charge >= 0.3 is 0 Å². The van der Waals surface area contributed by atoms with Gasteiger partial charge < -0.3 is 4.74 Å². The molecule has 2 rings (SSSR count). The monoisotopic (exact) mass is 280 g/mol. The molecule has 0 amide bonds. The van der Waals surface area contributed by atoms with E-state index in [1.54, 1.807) is 24.3 Å². The SMILES string of the molecule is O=Cc1ccc(Cl)cc1OCc1ccccc1Cl. The lowest BCUT2D eigenvalue weighted by Crippen LogP contribution is -1.98. The molecule has 0 unspecified atom stereocenters. The fourth-order valence-electron chi connectivity index (χ4n) is 1.50. The van der Waals surface area contributed by atoms with Crippen LogP contribution in [0, 0.1) is 0 Å². The maximum Gasteiger partial charge on any atom is 0.153 e. The van der Waals surface area contributed by atoms with Crippen LogP contribution in [0.15, 0.2) is 42.5 Å². The first-order valence-corrected chi connectivity index (χ1v) is 6.07. The van der Waals surface area contributed by atoms with Gasteiger partial charge in [0, 0.05) is 15.6 Å². The first-order chi connectivity index (χ1) is 8.70. The molecular weight excluding hydrogens is 271 g/mol. The van der Waals surface area contributed by atoms with Crippen molar-refractivity contribution in [1.29, 1.82) is 0 Å². The van der Waals surface area contributed by atoms with Crippen LogP contribution in [0.5, 0.6) is 5.75 Å². The van der Waals surface area contributed by atoms with Crippen LogP contribution in [0.1, 0.15) is 15.9 Å². The lowest BCUT2D eigenvalue weighted by Gasteiger charge is -2.09. The van der Waals surface area contributed by atoms with Crippen molar-refractivity contribution in [2.75, 3.05) is 0 Å². The number of ether oxygens (including phenoxy) is 1. The highest BCUT2D eigenvalue weighted by atomic mass is 35.5. The average molecular weight is 281 g/mol. The highest BCUT2D eigenvalue weighted by Gasteiger charge is 2.05. The van der Waals surface area contributed by atoms with Crippen molar-refractivity contribution in [1.82, 2.24) is 0 Å². The summed E-state index contributed by atoms with van der Waals surface area (Å²) in [5.41, 5.74) is 1.32. The zero-order chi connectivity index (χ0) is 13.0. The molecule has 0 aromatic heterocycles. The van der Waals surface area contributed by atoms with E-state index in [4.69, 9.17) is 27.9 Å². The smallest absolute Gasteiger partial charge is 0.153 e. The maximum atomic E-state index is 10.9. The predicted molar refractivity (Wildman–Crippen MR) is 72.6 cm³/mol. The second-order valence-electron chi connectivity index (χ2n) is 3.68. The van der Waals surface area contributed by atoms with E-state index in [1.165, 1.54) is 0 Å². The van der Waals surface area contributed by atoms with Crippen LogP contribution in [-0.2, 0) is 6.61 Å². The highest BCUT2D eigenvalue weighted by molar-refractivity contribution is 6.31. The Bertz CT molecular complexity index is 567. The summed E-state index contributed by atoms with van der Waals surface area (Å²) in [4.78, 5) is 10.9. The number of carbonyl (C=O) groups is 1. The molecule has 0 bridgehead atoms. The maximum absolute atomic E-state index is 10.9. The molecule has 0 aliphatic carbocycles. The van der Waals surface area contributed by atoms with E-state index < -0.39 is 0 Å². The Labute approximate surface area is 115 Å². The molecule has 92 valence electrons. The molecule has 0 aliphatic rings. The van der Waals surface area contributed by atoms with Crippen LogP contribution in [-0.4, -0.2) is 6.29 Å². The van der Waals surface area contributed by atoms with Gasteiger partial charge in [-0.1, -0.05) is 41.4 Å². The first kappa shape index (κ1) is 12.9. The van der Waals surface area contributed by atoms with Crippen LogP contribution in [0.25, 0.3) is 0 Å². The van der Waals surface area contributed by atoms with E-state index in [0.29, 0.717) is 28.0 Å². The fraction of sp³-hybridized carbons (Fsp3) is 0.0714. The highest BCUT2D eigenvalue weighted by Crippen LogP contribution is 2.24. The summed E-state index contributed by atoms with van der Waals surface area (Å²) in [5.74, 6) is 0.456. The summed E-state index contributed by atoms with van der Waals surface area (Å²) in [5, 5.41) is 1.15. The molecule has 2 nitrogen and oxygen atoms in total. The largest absolute Gasteiger partial charge is 0.488 e. The quantitative estimate of drug-likeness (QED) is 0.777. The van der Waals surface area contributed by atoms with Gasteiger partial charge in [-0.15, -0.1) is 0 Å². The molecule has 0 radical (unpaired) electrons. The number of hydrogen-bond acceptors (Lipinski definition) is 2. The molecule has 0 saturated heterocycles. The fourth-order valence-corrected chi connectivity index (χ4v) is 1.85. The number of aldehydes is 1. The van der Waals surface area contributed by atoms with Gasteiger partial charge in [0.25, 0.3) is 0 Å². The van der Waals surface area contributed by atoms with Gasteiger partial charge in [-0.2, -0.15) is 0 Å². The Morgan fingerprint density at radius 2 is 1.89 bits per heavy atom. The summed E-state index contributed by atoms with van der Waals surface area (Å²) in [7, 11) is 0. The zero-order valence-electron chi connectivity index (χ0n) is 9.40. The van der Waals surface area contributed by atoms with E-state index in [2.05, 4.69) is 0 Å². The van der Waals surface area contributed by atoms with Crippen molar-refractivity contribution in [3.63, 3.8) is 0 Å². The molecule has 0 aliphatic heterocycles. The minimum Gasteiger partial charge on any atom is -0.488 e. The van der Waals surface area contributed by atoms with Crippen LogP contribution in [0.3, 0.4) is 0 Å². The van der Waals surface area contributed by atoms with Crippen molar-refractivity contribution in [3.05, 3.63) is 63.6 Å². The molecule has 0 fully saturated rings. The third-order valence-electron chi connectivity index (χ3n) is 2.44. The second-order valence-corrected chi connectivity index (χ2v) is 4.52. The predicted octanol–water partition coefficient (Wildman–Crippen LogP) is 4.38. The lowest BCUT2D eigenvalue weighted by molar-refractivity contribution is 0.111.